The maximum absolute atomic E-state index is 14.0. The number of piperidine rings is 3. The maximum Gasteiger partial charge on any atom is 0.322 e. The van der Waals surface area contributed by atoms with Crippen molar-refractivity contribution in [2.24, 2.45) is 11.8 Å². The lowest BCUT2D eigenvalue weighted by atomic mass is 9.79. The van der Waals surface area contributed by atoms with Gasteiger partial charge in [-0.2, -0.15) is 0 Å². The standard InChI is InChI=1S/C34H45N7O5/c1-37-15-9-25(10-16-37)26-11-17-38(18-12-26)32(42)31(22-24-5-4-7-29(21-24)41(45)46)36-33(43)39-19-13-28(14-20-39)40-23-27-6-2-3-8-30(27)35-34(40)44/h2-8,21,25-26,28,31H,9-20,22-23H2,1H3,(H,35,44)(H,36,43). The van der Waals surface area contributed by atoms with Crippen LogP contribution in [0.15, 0.2) is 48.5 Å². The Balaban J connectivity index is 1.08. The summed E-state index contributed by atoms with van der Waals surface area (Å²) >= 11 is 0. The Kier molecular flexibility index (Phi) is 9.72. The highest BCUT2D eigenvalue weighted by molar-refractivity contribution is 5.92. The summed E-state index contributed by atoms with van der Waals surface area (Å²) in [7, 11) is 2.17. The second-order valence-corrected chi connectivity index (χ2v) is 13.4. The van der Waals surface area contributed by atoms with E-state index in [2.05, 4.69) is 22.6 Å². The lowest BCUT2D eigenvalue weighted by Gasteiger charge is -2.41. The Labute approximate surface area is 270 Å². The Morgan fingerprint density at radius 1 is 0.913 bits per heavy atom. The number of non-ortho nitro benzene ring substituents is 1. The number of carbonyl (C=O) groups excluding carboxylic acids is 3. The van der Waals surface area contributed by atoms with Crippen LogP contribution < -0.4 is 10.6 Å². The number of anilines is 1. The van der Waals surface area contributed by atoms with Gasteiger partial charge in [-0.1, -0.05) is 30.3 Å². The predicted molar refractivity (Wildman–Crippen MR) is 174 cm³/mol. The fourth-order valence-corrected chi connectivity index (χ4v) is 7.68. The second kappa shape index (κ2) is 14.1. The number of nitro benzene ring substituents is 1. The summed E-state index contributed by atoms with van der Waals surface area (Å²) in [5.74, 6) is 1.17. The molecule has 2 aromatic carbocycles. The topological polar surface area (TPSA) is 131 Å². The monoisotopic (exact) mass is 631 g/mol. The molecule has 0 saturated carbocycles. The zero-order valence-electron chi connectivity index (χ0n) is 26.6. The zero-order valence-corrected chi connectivity index (χ0v) is 26.6. The fraction of sp³-hybridized carbons (Fsp3) is 0.559. The van der Waals surface area contributed by atoms with Crippen molar-refractivity contribution in [3.63, 3.8) is 0 Å². The molecule has 3 saturated heterocycles. The highest BCUT2D eigenvalue weighted by atomic mass is 16.6. The number of carbonyl (C=O) groups is 3. The summed E-state index contributed by atoms with van der Waals surface area (Å²) < 4.78 is 0. The summed E-state index contributed by atoms with van der Waals surface area (Å²) in [4.78, 5) is 59.2. The summed E-state index contributed by atoms with van der Waals surface area (Å²) in [6.07, 6.45) is 5.76. The van der Waals surface area contributed by atoms with Crippen LogP contribution in [0.2, 0.25) is 0 Å². The molecule has 4 heterocycles. The third-order valence-corrected chi connectivity index (χ3v) is 10.5. The van der Waals surface area contributed by atoms with E-state index in [4.69, 9.17) is 0 Å². The first kappa shape index (κ1) is 31.8. The van der Waals surface area contributed by atoms with E-state index in [0.717, 1.165) is 37.2 Å². The van der Waals surface area contributed by atoms with Gasteiger partial charge in [0.15, 0.2) is 0 Å². The van der Waals surface area contributed by atoms with Crippen LogP contribution in [-0.4, -0.2) is 101 Å². The number of nitrogens with zero attached hydrogens (tertiary/aromatic N) is 5. The van der Waals surface area contributed by atoms with Gasteiger partial charge in [0.1, 0.15) is 6.04 Å². The summed E-state index contributed by atoms with van der Waals surface area (Å²) in [6, 6.07) is 12.8. The van der Waals surface area contributed by atoms with Crippen molar-refractivity contribution in [3.8, 4) is 0 Å². The van der Waals surface area contributed by atoms with Gasteiger partial charge in [0.25, 0.3) is 5.69 Å². The molecule has 46 heavy (non-hydrogen) atoms. The molecule has 12 nitrogen and oxygen atoms in total. The second-order valence-electron chi connectivity index (χ2n) is 13.4. The molecule has 1 unspecified atom stereocenters. The molecule has 5 amide bonds. The molecule has 0 aliphatic carbocycles. The van der Waals surface area contributed by atoms with Crippen LogP contribution in [0.1, 0.15) is 49.7 Å². The molecular formula is C34H45N7O5. The molecule has 0 radical (unpaired) electrons. The molecule has 0 bridgehead atoms. The van der Waals surface area contributed by atoms with Crippen LogP contribution >= 0.6 is 0 Å². The van der Waals surface area contributed by atoms with Gasteiger partial charge in [-0.25, -0.2) is 9.59 Å². The third kappa shape index (κ3) is 7.27. The van der Waals surface area contributed by atoms with E-state index in [9.17, 15) is 24.5 Å². The zero-order chi connectivity index (χ0) is 32.2. The van der Waals surface area contributed by atoms with Gasteiger partial charge >= 0.3 is 12.1 Å². The van der Waals surface area contributed by atoms with Crippen molar-refractivity contribution in [1.29, 1.82) is 0 Å². The van der Waals surface area contributed by atoms with Gasteiger partial charge < -0.3 is 30.2 Å². The van der Waals surface area contributed by atoms with E-state index in [1.165, 1.54) is 25.0 Å². The first-order valence-electron chi connectivity index (χ1n) is 16.7. The van der Waals surface area contributed by atoms with E-state index < -0.39 is 11.0 Å². The van der Waals surface area contributed by atoms with Crippen molar-refractivity contribution < 1.29 is 19.3 Å². The molecule has 1 atom stereocenters. The molecule has 0 aromatic heterocycles. The predicted octanol–water partition coefficient (Wildman–Crippen LogP) is 4.31. The Hall–Kier alpha value is -4.19. The molecule has 4 aliphatic rings. The molecule has 4 aliphatic heterocycles. The van der Waals surface area contributed by atoms with Gasteiger partial charge in [0.2, 0.25) is 5.91 Å². The van der Waals surface area contributed by atoms with Crippen LogP contribution in [0.5, 0.6) is 0 Å². The third-order valence-electron chi connectivity index (χ3n) is 10.5. The molecule has 6 rings (SSSR count). The van der Waals surface area contributed by atoms with Gasteiger partial charge in [0.05, 0.1) is 4.92 Å². The molecule has 0 spiro atoms. The molecule has 2 N–H and O–H groups in total. The van der Waals surface area contributed by atoms with Crippen molar-refractivity contribution in [2.45, 2.75) is 63.6 Å². The van der Waals surface area contributed by atoms with Crippen LogP contribution in [-0.2, 0) is 17.8 Å². The van der Waals surface area contributed by atoms with E-state index in [0.29, 0.717) is 63.0 Å². The van der Waals surface area contributed by atoms with E-state index in [1.54, 1.807) is 17.0 Å². The van der Waals surface area contributed by atoms with Crippen molar-refractivity contribution in [2.75, 3.05) is 51.6 Å². The van der Waals surface area contributed by atoms with Crippen LogP contribution in [0.3, 0.4) is 0 Å². The number of para-hydroxylation sites is 1. The molecular weight excluding hydrogens is 586 g/mol. The number of likely N-dealkylation sites (tertiary alicyclic amines) is 3. The van der Waals surface area contributed by atoms with Gasteiger partial charge in [-0.3, -0.25) is 14.9 Å². The van der Waals surface area contributed by atoms with Crippen LogP contribution in [0.4, 0.5) is 21.0 Å². The normalized spacial score (nSPS) is 21.0. The van der Waals surface area contributed by atoms with Crippen molar-refractivity contribution >= 4 is 29.3 Å². The number of fused-ring (bicyclic) bond motifs is 1. The number of nitrogens with one attached hydrogen (secondary N) is 2. The molecule has 12 heteroatoms. The Morgan fingerprint density at radius 3 is 2.26 bits per heavy atom. The number of rotatable bonds is 7. The fourth-order valence-electron chi connectivity index (χ4n) is 7.68. The Morgan fingerprint density at radius 2 is 1.57 bits per heavy atom. The van der Waals surface area contributed by atoms with Gasteiger partial charge in [0, 0.05) is 63.0 Å². The minimum absolute atomic E-state index is 0.00515. The number of amides is 5. The van der Waals surface area contributed by atoms with Crippen LogP contribution in [0, 0.1) is 22.0 Å². The van der Waals surface area contributed by atoms with Crippen molar-refractivity contribution in [1.82, 2.24) is 24.9 Å². The lowest BCUT2D eigenvalue weighted by molar-refractivity contribution is -0.384. The first-order valence-corrected chi connectivity index (χ1v) is 16.7. The summed E-state index contributed by atoms with van der Waals surface area (Å²) in [5.41, 5.74) is 2.50. The molecule has 246 valence electrons. The Bertz CT molecular complexity index is 1430. The number of hydrogen-bond acceptors (Lipinski definition) is 6. The maximum atomic E-state index is 14.0. The van der Waals surface area contributed by atoms with E-state index >= 15 is 0 Å². The minimum atomic E-state index is -0.837. The van der Waals surface area contributed by atoms with Crippen molar-refractivity contribution in [3.05, 3.63) is 69.8 Å². The first-order chi connectivity index (χ1) is 22.2. The van der Waals surface area contributed by atoms with E-state index in [1.807, 2.05) is 34.1 Å². The summed E-state index contributed by atoms with van der Waals surface area (Å²) in [6.45, 7) is 5.01. The van der Waals surface area contributed by atoms with Gasteiger partial charge in [-0.15, -0.1) is 0 Å². The van der Waals surface area contributed by atoms with E-state index in [-0.39, 0.29) is 36.1 Å². The molecule has 3 fully saturated rings. The van der Waals surface area contributed by atoms with Gasteiger partial charge in [-0.05, 0) is 87.7 Å². The minimum Gasteiger partial charge on any atom is -0.341 e. The molecule has 2 aromatic rings. The highest BCUT2D eigenvalue weighted by Crippen LogP contribution is 2.33. The largest absolute Gasteiger partial charge is 0.341 e. The summed E-state index contributed by atoms with van der Waals surface area (Å²) in [5, 5.41) is 17.4. The number of benzene rings is 2. The average molecular weight is 632 g/mol. The number of hydrogen-bond donors (Lipinski definition) is 2. The smallest absolute Gasteiger partial charge is 0.322 e. The highest BCUT2D eigenvalue weighted by Gasteiger charge is 2.36. The number of nitro groups is 1. The lowest BCUT2D eigenvalue weighted by Crippen LogP contribution is -2.57. The number of urea groups is 2. The SMILES string of the molecule is CN1CCC(C2CCN(C(=O)C(Cc3cccc([N+](=O)[O-])c3)NC(=O)N3CCC(N4Cc5ccccc5NC4=O)CC3)CC2)CC1. The average Bonchev–Trinajstić information content (AvgIpc) is 3.08. The van der Waals surface area contributed by atoms with Crippen LogP contribution in [0.25, 0.3) is 0 Å². The quantitative estimate of drug-likeness (QED) is 0.346.